The molecule has 0 saturated carbocycles. The van der Waals surface area contributed by atoms with Crippen LogP contribution in [0.3, 0.4) is 0 Å². The van der Waals surface area contributed by atoms with E-state index in [-0.39, 0.29) is 30.2 Å². The normalized spacial score (nSPS) is 28.3. The van der Waals surface area contributed by atoms with Crippen molar-refractivity contribution in [2.45, 2.75) is 39.8 Å². The van der Waals surface area contributed by atoms with Gasteiger partial charge in [0.05, 0.1) is 17.9 Å². The lowest BCUT2D eigenvalue weighted by molar-refractivity contribution is -0.141. The predicted octanol–water partition coefficient (Wildman–Crippen LogP) is 2.98. The highest BCUT2D eigenvalue weighted by molar-refractivity contribution is 6.11. The molecule has 5 heteroatoms. The van der Waals surface area contributed by atoms with Crippen LogP contribution >= 0.6 is 0 Å². The number of nitrogens with zero attached hydrogens (tertiary/aromatic N) is 2. The third-order valence-corrected chi connectivity index (χ3v) is 6.07. The average molecular weight is 378 g/mol. The second-order valence-electron chi connectivity index (χ2n) is 9.01. The maximum absolute atomic E-state index is 13.5. The van der Waals surface area contributed by atoms with E-state index in [0.29, 0.717) is 0 Å². The minimum Gasteiger partial charge on any atom is -0.353 e. The molecule has 0 spiro atoms. The number of hydrogen-bond acceptors (Lipinski definition) is 4. The lowest BCUT2D eigenvalue weighted by atomic mass is 9.79. The minimum atomic E-state index is -0.652. The first-order valence-electron chi connectivity index (χ1n) is 9.74. The summed E-state index contributed by atoms with van der Waals surface area (Å²) in [6, 6.07) is 5.15. The summed E-state index contributed by atoms with van der Waals surface area (Å²) in [6.45, 7) is 11.5. The molecule has 4 atom stereocenters. The van der Waals surface area contributed by atoms with Crippen molar-refractivity contribution in [1.82, 2.24) is 4.90 Å². The van der Waals surface area contributed by atoms with E-state index in [1.807, 2.05) is 56.9 Å². The molecule has 4 unspecified atom stereocenters. The smallest absolute Gasteiger partial charge is 0.236 e. The highest BCUT2D eigenvalue weighted by Gasteiger charge is 2.64. The first kappa shape index (κ1) is 18.7. The van der Waals surface area contributed by atoms with Crippen molar-refractivity contribution in [3.63, 3.8) is 0 Å². The van der Waals surface area contributed by atoms with Crippen LogP contribution < -0.4 is 4.90 Å². The van der Waals surface area contributed by atoms with Crippen LogP contribution in [0, 0.1) is 24.2 Å². The number of rotatable bonds is 3. The maximum atomic E-state index is 13.5. The summed E-state index contributed by atoms with van der Waals surface area (Å²) in [7, 11) is 0. The number of ketones is 1. The first-order valence-corrected chi connectivity index (χ1v) is 9.74. The number of amides is 2. The molecule has 0 bridgehead atoms. The van der Waals surface area contributed by atoms with Crippen LogP contribution in [-0.4, -0.2) is 41.1 Å². The van der Waals surface area contributed by atoms with Crippen molar-refractivity contribution in [2.24, 2.45) is 17.3 Å². The zero-order valence-corrected chi connectivity index (χ0v) is 16.8. The molecule has 2 fully saturated rings. The van der Waals surface area contributed by atoms with Gasteiger partial charge in [0.2, 0.25) is 11.8 Å². The molecule has 3 heterocycles. The van der Waals surface area contributed by atoms with Gasteiger partial charge in [-0.25, -0.2) is 0 Å². The number of Topliss-reactive ketones (excluding diaryl/α,β-unsaturated/α-hetero) is 1. The molecule has 2 amide bonds. The number of carbonyl (C=O) groups excluding carboxylic acids is 3. The van der Waals surface area contributed by atoms with Crippen LogP contribution in [-0.2, 0) is 14.4 Å². The molecular weight excluding hydrogens is 352 g/mol. The molecule has 28 heavy (non-hydrogen) atoms. The molecule has 3 aliphatic heterocycles. The highest BCUT2D eigenvalue weighted by atomic mass is 16.2. The topological polar surface area (TPSA) is 57.7 Å². The van der Waals surface area contributed by atoms with E-state index < -0.39 is 23.3 Å². The Bertz CT molecular complexity index is 924. The molecule has 0 aromatic heterocycles. The fourth-order valence-corrected chi connectivity index (χ4v) is 4.81. The van der Waals surface area contributed by atoms with Crippen molar-refractivity contribution < 1.29 is 14.4 Å². The third kappa shape index (κ3) is 2.49. The molecule has 0 N–H and O–H groups in total. The number of benzene rings is 1. The fraction of sp³-hybridized carbons (Fsp3) is 0.435. The van der Waals surface area contributed by atoms with Gasteiger partial charge in [0.15, 0.2) is 5.78 Å². The third-order valence-electron chi connectivity index (χ3n) is 6.07. The van der Waals surface area contributed by atoms with Crippen LogP contribution in [0.15, 0.2) is 36.9 Å². The van der Waals surface area contributed by atoms with Gasteiger partial charge < -0.3 is 4.90 Å². The average Bonchev–Trinajstić information content (AvgIpc) is 3.09. The Hall–Kier alpha value is -2.69. The molecule has 1 aromatic rings. The molecule has 2 saturated heterocycles. The van der Waals surface area contributed by atoms with E-state index in [4.69, 9.17) is 0 Å². The lowest BCUT2D eigenvalue weighted by Gasteiger charge is -2.38. The summed E-state index contributed by atoms with van der Waals surface area (Å²) < 4.78 is 0. The maximum Gasteiger partial charge on any atom is 0.236 e. The van der Waals surface area contributed by atoms with Gasteiger partial charge in [0.25, 0.3) is 0 Å². The largest absolute Gasteiger partial charge is 0.353 e. The first-order chi connectivity index (χ1) is 13.2. The van der Waals surface area contributed by atoms with Crippen LogP contribution in [0.5, 0.6) is 0 Å². The van der Waals surface area contributed by atoms with Gasteiger partial charge in [-0.05, 0) is 24.6 Å². The van der Waals surface area contributed by atoms with E-state index in [1.54, 1.807) is 6.08 Å². The number of anilines is 1. The Morgan fingerprint density at radius 2 is 1.86 bits per heavy atom. The van der Waals surface area contributed by atoms with Crippen LogP contribution in [0.25, 0.3) is 6.08 Å². The standard InChI is InChI=1S/C23H26N2O3/c1-6-11-24-21(27)17-16-10-8-14-12-13(2)7-9-15(14)25(16)19(18(17)22(24)28)20(26)23(3,4)5/h6-10,12,16-19H,1,11H2,2-5H3. The van der Waals surface area contributed by atoms with Gasteiger partial charge in [-0.3, -0.25) is 19.3 Å². The number of fused-ring (bicyclic) bond motifs is 5. The molecule has 5 nitrogen and oxygen atoms in total. The van der Waals surface area contributed by atoms with Gasteiger partial charge >= 0.3 is 0 Å². The molecular formula is C23H26N2O3. The monoisotopic (exact) mass is 378 g/mol. The number of imide groups is 1. The fourth-order valence-electron chi connectivity index (χ4n) is 4.81. The van der Waals surface area contributed by atoms with Crippen molar-refractivity contribution >= 4 is 29.4 Å². The molecule has 0 radical (unpaired) electrons. The number of hydrogen-bond donors (Lipinski definition) is 0. The van der Waals surface area contributed by atoms with Gasteiger partial charge in [-0.2, -0.15) is 0 Å². The zero-order chi connectivity index (χ0) is 20.4. The Labute approximate surface area is 165 Å². The van der Waals surface area contributed by atoms with E-state index in [1.165, 1.54) is 4.90 Å². The SMILES string of the molecule is C=CCN1C(=O)C2C(C1=O)C(C(=O)C(C)(C)C)N1c3ccc(C)cc3C=CC21. The van der Waals surface area contributed by atoms with Crippen molar-refractivity contribution in [1.29, 1.82) is 0 Å². The van der Waals surface area contributed by atoms with E-state index in [2.05, 4.69) is 12.6 Å². The Kier molecular flexibility index (Phi) is 4.11. The predicted molar refractivity (Wildman–Crippen MR) is 109 cm³/mol. The summed E-state index contributed by atoms with van der Waals surface area (Å²) in [6.07, 6.45) is 5.56. The molecule has 0 aliphatic carbocycles. The second-order valence-corrected chi connectivity index (χ2v) is 9.01. The minimum absolute atomic E-state index is 0.00609. The Morgan fingerprint density at radius 1 is 1.18 bits per heavy atom. The molecule has 3 aliphatic rings. The number of likely N-dealkylation sites (tertiary alicyclic amines) is 1. The van der Waals surface area contributed by atoms with E-state index in [9.17, 15) is 14.4 Å². The summed E-state index contributed by atoms with van der Waals surface area (Å²) in [5.41, 5.74) is 2.45. The second kappa shape index (κ2) is 6.16. The van der Waals surface area contributed by atoms with E-state index >= 15 is 0 Å². The Morgan fingerprint density at radius 3 is 2.50 bits per heavy atom. The molecule has 146 valence electrons. The van der Waals surface area contributed by atoms with Crippen molar-refractivity contribution in [3.8, 4) is 0 Å². The lowest BCUT2D eigenvalue weighted by Crippen LogP contribution is -2.51. The summed E-state index contributed by atoms with van der Waals surface area (Å²) in [5.74, 6) is -1.65. The van der Waals surface area contributed by atoms with Gasteiger partial charge in [0.1, 0.15) is 6.04 Å². The van der Waals surface area contributed by atoms with Crippen LogP contribution in [0.4, 0.5) is 5.69 Å². The zero-order valence-electron chi connectivity index (χ0n) is 16.8. The van der Waals surface area contributed by atoms with E-state index in [0.717, 1.165) is 16.8 Å². The molecule has 1 aromatic carbocycles. The van der Waals surface area contributed by atoms with Crippen LogP contribution in [0.1, 0.15) is 31.9 Å². The van der Waals surface area contributed by atoms with Crippen molar-refractivity contribution in [2.75, 3.05) is 11.4 Å². The summed E-state index contributed by atoms with van der Waals surface area (Å²) in [4.78, 5) is 43.1. The Balaban J connectivity index is 1.88. The number of aryl methyl sites for hydroxylation is 1. The van der Waals surface area contributed by atoms with Gasteiger partial charge in [-0.1, -0.05) is 50.6 Å². The molecule has 4 rings (SSSR count). The van der Waals surface area contributed by atoms with Crippen molar-refractivity contribution in [3.05, 3.63) is 48.1 Å². The number of carbonyl (C=O) groups is 3. The highest BCUT2D eigenvalue weighted by Crippen LogP contribution is 2.49. The van der Waals surface area contributed by atoms with Gasteiger partial charge in [0, 0.05) is 17.6 Å². The van der Waals surface area contributed by atoms with Gasteiger partial charge in [-0.15, -0.1) is 6.58 Å². The summed E-state index contributed by atoms with van der Waals surface area (Å²) >= 11 is 0. The summed E-state index contributed by atoms with van der Waals surface area (Å²) in [5, 5.41) is 0. The quantitative estimate of drug-likeness (QED) is 0.599. The van der Waals surface area contributed by atoms with Crippen LogP contribution in [0.2, 0.25) is 0 Å².